The van der Waals surface area contributed by atoms with Crippen LogP contribution in [0.3, 0.4) is 0 Å². The van der Waals surface area contributed by atoms with Gasteiger partial charge in [-0.1, -0.05) is 0 Å². The van der Waals surface area contributed by atoms with Crippen LogP contribution < -0.4 is 0 Å². The zero-order chi connectivity index (χ0) is 8.48. The van der Waals surface area contributed by atoms with Crippen molar-refractivity contribution in [3.63, 3.8) is 0 Å². The molecule has 1 atom stereocenters. The number of rotatable bonds is 2. The highest BCUT2D eigenvalue weighted by Gasteiger charge is 2.28. The van der Waals surface area contributed by atoms with E-state index < -0.39 is 0 Å². The number of hydrogen-bond acceptors (Lipinski definition) is 1. The van der Waals surface area contributed by atoms with Crippen molar-refractivity contribution in [3.05, 3.63) is 0 Å². The first-order valence-corrected chi connectivity index (χ1v) is 4.32. The monoisotopic (exact) mass is 156 g/mol. The molecule has 0 aromatic rings. The van der Waals surface area contributed by atoms with E-state index in [-0.39, 0.29) is 0 Å². The van der Waals surface area contributed by atoms with Crippen LogP contribution in [0, 0.1) is 5.92 Å². The molecule has 0 radical (unpaired) electrons. The van der Waals surface area contributed by atoms with E-state index in [0.29, 0.717) is 11.7 Å². The minimum Gasteiger partial charge on any atom is -0.330 e. The molecule has 1 saturated carbocycles. The number of hydrogen-bond donors (Lipinski definition) is 0. The van der Waals surface area contributed by atoms with Crippen molar-refractivity contribution in [2.75, 3.05) is 27.7 Å². The molecule has 0 aromatic carbocycles. The van der Waals surface area contributed by atoms with Gasteiger partial charge in [0.05, 0.1) is 33.6 Å². The van der Waals surface area contributed by atoms with E-state index in [0.717, 1.165) is 30.3 Å². The Kier molecular flexibility index (Phi) is 2.33. The van der Waals surface area contributed by atoms with Crippen LogP contribution in [0.5, 0.6) is 0 Å². The van der Waals surface area contributed by atoms with Crippen LogP contribution in [-0.2, 0) is 4.79 Å². The average Bonchev–Trinajstić information content (AvgIpc) is 2.12. The van der Waals surface area contributed by atoms with Gasteiger partial charge in [-0.2, -0.15) is 0 Å². The maximum atomic E-state index is 11.2. The summed E-state index contributed by atoms with van der Waals surface area (Å²) < 4.78 is 0.913. The van der Waals surface area contributed by atoms with Crippen molar-refractivity contribution in [1.29, 1.82) is 0 Å². The Morgan fingerprint density at radius 3 is 2.45 bits per heavy atom. The molecule has 0 aliphatic heterocycles. The molecule has 0 saturated heterocycles. The molecule has 0 N–H and O–H groups in total. The molecular weight excluding hydrogens is 138 g/mol. The molecule has 2 heteroatoms. The van der Waals surface area contributed by atoms with Crippen molar-refractivity contribution in [2.45, 2.75) is 19.3 Å². The van der Waals surface area contributed by atoms with Crippen molar-refractivity contribution in [2.24, 2.45) is 5.92 Å². The quantitative estimate of drug-likeness (QED) is 0.546. The van der Waals surface area contributed by atoms with Crippen molar-refractivity contribution >= 4 is 5.78 Å². The maximum Gasteiger partial charge on any atom is 0.141 e. The molecule has 0 heterocycles. The summed E-state index contributed by atoms with van der Waals surface area (Å²) in [6, 6.07) is 0. The van der Waals surface area contributed by atoms with Gasteiger partial charge in [0, 0.05) is 6.42 Å². The Labute approximate surface area is 68.8 Å². The van der Waals surface area contributed by atoms with Crippen LogP contribution in [0.25, 0.3) is 0 Å². The fraction of sp³-hybridized carbons (Fsp3) is 0.889. The van der Waals surface area contributed by atoms with Crippen molar-refractivity contribution < 1.29 is 9.28 Å². The predicted octanol–water partition coefficient (Wildman–Crippen LogP) is 1.06. The molecule has 2 nitrogen and oxygen atoms in total. The summed E-state index contributed by atoms with van der Waals surface area (Å²) in [5.74, 6) is 0.841. The number of carbonyl (C=O) groups is 1. The Morgan fingerprint density at radius 1 is 1.45 bits per heavy atom. The summed E-state index contributed by atoms with van der Waals surface area (Å²) >= 11 is 0. The van der Waals surface area contributed by atoms with Gasteiger partial charge in [-0.15, -0.1) is 0 Å². The van der Waals surface area contributed by atoms with Crippen LogP contribution in [0.2, 0.25) is 0 Å². The first kappa shape index (κ1) is 8.72. The lowest BCUT2D eigenvalue weighted by atomic mass is 10.1. The van der Waals surface area contributed by atoms with Crippen LogP contribution in [0.15, 0.2) is 0 Å². The number of quaternary nitrogens is 1. The van der Waals surface area contributed by atoms with Crippen LogP contribution in [-0.4, -0.2) is 38.0 Å². The van der Waals surface area contributed by atoms with E-state index in [1.165, 1.54) is 0 Å². The molecule has 11 heavy (non-hydrogen) atoms. The fourth-order valence-electron chi connectivity index (χ4n) is 1.74. The van der Waals surface area contributed by atoms with E-state index in [4.69, 9.17) is 0 Å². The highest BCUT2D eigenvalue weighted by atomic mass is 16.1. The third kappa shape index (κ3) is 2.62. The van der Waals surface area contributed by atoms with Gasteiger partial charge in [-0.3, -0.25) is 4.79 Å². The van der Waals surface area contributed by atoms with Gasteiger partial charge in [0.15, 0.2) is 0 Å². The largest absolute Gasteiger partial charge is 0.330 e. The van der Waals surface area contributed by atoms with Crippen LogP contribution >= 0.6 is 0 Å². The second kappa shape index (κ2) is 2.94. The molecule has 0 amide bonds. The molecule has 1 rings (SSSR count). The van der Waals surface area contributed by atoms with Crippen LogP contribution in [0.1, 0.15) is 19.3 Å². The molecule has 1 fully saturated rings. The molecule has 0 bridgehead atoms. The minimum absolute atomic E-state index is 0.356. The highest BCUT2D eigenvalue weighted by Crippen LogP contribution is 2.22. The lowest BCUT2D eigenvalue weighted by Gasteiger charge is -2.26. The standard InChI is InChI=1S/C9H18NO/c1-10(2,3)7-8-5-4-6-9(8)11/h8H,4-7H2,1-3H3/q+1/t8-/m1/s1. The second-order valence-corrected chi connectivity index (χ2v) is 4.53. The van der Waals surface area contributed by atoms with Gasteiger partial charge in [0.1, 0.15) is 5.78 Å². The molecular formula is C9H18NO+. The van der Waals surface area contributed by atoms with Gasteiger partial charge in [0.25, 0.3) is 0 Å². The number of carbonyl (C=O) groups excluding carboxylic acids is 1. The average molecular weight is 156 g/mol. The Bertz CT molecular complexity index is 157. The minimum atomic E-state index is 0.356. The lowest BCUT2D eigenvalue weighted by Crippen LogP contribution is -2.40. The topological polar surface area (TPSA) is 17.1 Å². The lowest BCUT2D eigenvalue weighted by molar-refractivity contribution is -0.872. The third-order valence-corrected chi connectivity index (χ3v) is 2.20. The van der Waals surface area contributed by atoms with E-state index in [1.807, 2.05) is 0 Å². The summed E-state index contributed by atoms with van der Waals surface area (Å²) in [5.41, 5.74) is 0. The number of ketones is 1. The Hall–Kier alpha value is -0.370. The summed E-state index contributed by atoms with van der Waals surface area (Å²) in [5, 5.41) is 0. The molecule has 0 aromatic heterocycles. The van der Waals surface area contributed by atoms with Crippen molar-refractivity contribution in [1.82, 2.24) is 0 Å². The summed E-state index contributed by atoms with van der Waals surface area (Å²) in [6.07, 6.45) is 3.06. The first-order valence-electron chi connectivity index (χ1n) is 4.32. The number of Topliss-reactive ketones (excluding diaryl/α,β-unsaturated/α-hetero) is 1. The predicted molar refractivity (Wildman–Crippen MR) is 45.2 cm³/mol. The normalized spacial score (nSPS) is 26.1. The fourth-order valence-corrected chi connectivity index (χ4v) is 1.74. The maximum absolute atomic E-state index is 11.2. The molecule has 1 aliphatic rings. The Morgan fingerprint density at radius 2 is 2.09 bits per heavy atom. The third-order valence-electron chi connectivity index (χ3n) is 2.20. The molecule has 64 valence electrons. The molecule has 0 spiro atoms. The summed E-state index contributed by atoms with van der Waals surface area (Å²) in [7, 11) is 6.43. The van der Waals surface area contributed by atoms with Gasteiger partial charge in [-0.25, -0.2) is 0 Å². The first-order chi connectivity index (χ1) is 4.99. The highest BCUT2D eigenvalue weighted by molar-refractivity contribution is 5.82. The summed E-state index contributed by atoms with van der Waals surface area (Å²) in [6.45, 7) is 1.01. The van der Waals surface area contributed by atoms with E-state index in [1.54, 1.807) is 0 Å². The molecule has 1 aliphatic carbocycles. The van der Waals surface area contributed by atoms with E-state index in [2.05, 4.69) is 21.1 Å². The number of nitrogens with zero attached hydrogens (tertiary/aromatic N) is 1. The SMILES string of the molecule is C[N+](C)(C)C[C@H]1CCCC1=O. The van der Waals surface area contributed by atoms with Gasteiger partial charge < -0.3 is 4.48 Å². The zero-order valence-corrected chi connectivity index (χ0v) is 7.76. The van der Waals surface area contributed by atoms with Gasteiger partial charge in [0.2, 0.25) is 0 Å². The van der Waals surface area contributed by atoms with E-state index >= 15 is 0 Å². The summed E-state index contributed by atoms with van der Waals surface area (Å²) in [4.78, 5) is 11.2. The van der Waals surface area contributed by atoms with Crippen molar-refractivity contribution in [3.8, 4) is 0 Å². The zero-order valence-electron chi connectivity index (χ0n) is 7.76. The van der Waals surface area contributed by atoms with Crippen LogP contribution in [0.4, 0.5) is 0 Å². The van der Waals surface area contributed by atoms with E-state index in [9.17, 15) is 4.79 Å². The van der Waals surface area contributed by atoms with Gasteiger partial charge >= 0.3 is 0 Å². The smallest absolute Gasteiger partial charge is 0.141 e. The second-order valence-electron chi connectivity index (χ2n) is 4.53. The molecule has 0 unspecified atom stereocenters. The van der Waals surface area contributed by atoms with Gasteiger partial charge in [-0.05, 0) is 12.8 Å². The Balaban J connectivity index is 2.43.